The van der Waals surface area contributed by atoms with E-state index in [-0.39, 0.29) is 11.9 Å². The second kappa shape index (κ2) is 13.6. The Morgan fingerprint density at radius 2 is 1.67 bits per heavy atom. The van der Waals surface area contributed by atoms with Gasteiger partial charge in [-0.15, -0.1) is 0 Å². The van der Waals surface area contributed by atoms with Crippen LogP contribution in [0.4, 0.5) is 4.79 Å². The molecule has 7 nitrogen and oxygen atoms in total. The Morgan fingerprint density at radius 3 is 2.19 bits per heavy atom. The predicted molar refractivity (Wildman–Crippen MR) is 104 cm³/mol. The number of alkyl carbamates (subject to hydrolysis) is 1. The summed E-state index contributed by atoms with van der Waals surface area (Å²) in [5.74, 6) is -0.534. The fraction of sp³-hybridized carbons (Fsp3) is 0.550. The van der Waals surface area contributed by atoms with Crippen LogP contribution in [0.3, 0.4) is 0 Å². The van der Waals surface area contributed by atoms with E-state index in [1.807, 2.05) is 39.0 Å². The first kappa shape index (κ1) is 24.4. The van der Waals surface area contributed by atoms with Crippen molar-refractivity contribution in [3.05, 3.63) is 35.9 Å². The van der Waals surface area contributed by atoms with Gasteiger partial charge in [-0.2, -0.15) is 0 Å². The quantitative estimate of drug-likeness (QED) is 0.531. The lowest BCUT2D eigenvalue weighted by atomic mass is 10.2. The van der Waals surface area contributed by atoms with Gasteiger partial charge in [0.05, 0.1) is 12.2 Å². The molecule has 0 aliphatic rings. The van der Waals surface area contributed by atoms with Crippen molar-refractivity contribution < 1.29 is 23.9 Å². The summed E-state index contributed by atoms with van der Waals surface area (Å²) in [5, 5.41) is 2.65. The first-order valence-corrected chi connectivity index (χ1v) is 9.13. The van der Waals surface area contributed by atoms with Crippen LogP contribution in [0.25, 0.3) is 0 Å². The highest BCUT2D eigenvalue weighted by atomic mass is 16.6. The fourth-order valence-corrected chi connectivity index (χ4v) is 1.89. The molecule has 0 aliphatic heterocycles. The molecule has 0 heterocycles. The zero-order valence-corrected chi connectivity index (χ0v) is 16.7. The van der Waals surface area contributed by atoms with E-state index >= 15 is 0 Å². The van der Waals surface area contributed by atoms with Crippen LogP contribution in [-0.2, 0) is 14.3 Å². The van der Waals surface area contributed by atoms with Crippen LogP contribution in [-0.4, -0.2) is 36.7 Å². The molecule has 0 fully saturated rings. The van der Waals surface area contributed by atoms with Gasteiger partial charge in [-0.1, -0.05) is 24.6 Å². The normalized spacial score (nSPS) is 10.2. The molecule has 1 rings (SSSR count). The summed E-state index contributed by atoms with van der Waals surface area (Å²) in [6, 6.07) is 8.96. The summed E-state index contributed by atoms with van der Waals surface area (Å²) in [5.41, 5.74) is 5.14. The Kier molecular flexibility index (Phi) is 12.3. The van der Waals surface area contributed by atoms with Crippen molar-refractivity contribution in [1.82, 2.24) is 5.32 Å². The highest BCUT2D eigenvalue weighted by Crippen LogP contribution is 2.06. The van der Waals surface area contributed by atoms with Gasteiger partial charge in [0.2, 0.25) is 5.91 Å². The molecule has 27 heavy (non-hydrogen) atoms. The maximum absolute atomic E-state index is 11.2. The number of carbonyl (C=O) groups excluding carboxylic acids is 3. The van der Waals surface area contributed by atoms with Gasteiger partial charge in [-0.25, -0.2) is 9.59 Å². The van der Waals surface area contributed by atoms with E-state index in [9.17, 15) is 14.4 Å². The molecule has 0 saturated carbocycles. The number of carbonyl (C=O) groups is 3. The van der Waals surface area contributed by atoms with E-state index in [1.54, 1.807) is 19.1 Å². The summed E-state index contributed by atoms with van der Waals surface area (Å²) >= 11 is 0. The molecule has 0 bridgehead atoms. The van der Waals surface area contributed by atoms with E-state index in [4.69, 9.17) is 15.2 Å². The standard InChI is InChI=1S/C11H22N2O3.C9H10O2/c1-11(2,3)16-10(15)13-8-6-4-5-7-9(12)14;1-2-11-9(10)8-6-4-3-5-7-8/h4-8H2,1-3H3,(H2,12,14)(H,13,15);3-7H,2H2,1H3. The second-order valence-electron chi connectivity index (χ2n) is 6.79. The van der Waals surface area contributed by atoms with Gasteiger partial charge in [0, 0.05) is 13.0 Å². The van der Waals surface area contributed by atoms with Gasteiger partial charge in [0.15, 0.2) is 0 Å². The molecule has 0 unspecified atom stereocenters. The lowest BCUT2D eigenvalue weighted by Gasteiger charge is -2.19. The maximum atomic E-state index is 11.2. The van der Waals surface area contributed by atoms with Crippen LogP contribution < -0.4 is 11.1 Å². The first-order valence-electron chi connectivity index (χ1n) is 9.13. The van der Waals surface area contributed by atoms with Gasteiger partial charge >= 0.3 is 12.1 Å². The van der Waals surface area contributed by atoms with Gasteiger partial charge in [0.25, 0.3) is 0 Å². The molecule has 1 aromatic rings. The zero-order chi connectivity index (χ0) is 20.7. The Balaban J connectivity index is 0.000000533. The number of hydrogen-bond acceptors (Lipinski definition) is 5. The topological polar surface area (TPSA) is 108 Å². The van der Waals surface area contributed by atoms with Crippen molar-refractivity contribution in [2.24, 2.45) is 5.73 Å². The summed E-state index contributed by atoms with van der Waals surface area (Å²) < 4.78 is 9.85. The number of esters is 1. The van der Waals surface area contributed by atoms with E-state index in [0.29, 0.717) is 25.1 Å². The lowest BCUT2D eigenvalue weighted by molar-refractivity contribution is -0.118. The minimum absolute atomic E-state index is 0.256. The third-order valence-electron chi connectivity index (χ3n) is 3.05. The van der Waals surface area contributed by atoms with E-state index in [1.165, 1.54) is 0 Å². The van der Waals surface area contributed by atoms with Gasteiger partial charge in [-0.3, -0.25) is 4.79 Å². The molecule has 0 saturated heterocycles. The van der Waals surface area contributed by atoms with E-state index < -0.39 is 11.7 Å². The largest absolute Gasteiger partial charge is 0.462 e. The lowest BCUT2D eigenvalue weighted by Crippen LogP contribution is -2.33. The van der Waals surface area contributed by atoms with Gasteiger partial charge in [-0.05, 0) is 52.7 Å². The van der Waals surface area contributed by atoms with Crippen LogP contribution in [0.15, 0.2) is 30.3 Å². The number of amides is 2. The monoisotopic (exact) mass is 380 g/mol. The number of benzene rings is 1. The van der Waals surface area contributed by atoms with Crippen LogP contribution in [0.1, 0.15) is 63.7 Å². The van der Waals surface area contributed by atoms with Crippen molar-refractivity contribution in [2.75, 3.05) is 13.2 Å². The van der Waals surface area contributed by atoms with Crippen LogP contribution in [0, 0.1) is 0 Å². The first-order chi connectivity index (χ1) is 12.7. The summed E-state index contributed by atoms with van der Waals surface area (Å²) in [7, 11) is 0. The van der Waals surface area contributed by atoms with Crippen LogP contribution >= 0.6 is 0 Å². The van der Waals surface area contributed by atoms with Crippen molar-refractivity contribution in [2.45, 2.75) is 59.0 Å². The predicted octanol–water partition coefficient (Wildman–Crippen LogP) is 3.42. The molecule has 152 valence electrons. The average Bonchev–Trinajstić information content (AvgIpc) is 2.58. The van der Waals surface area contributed by atoms with E-state index in [2.05, 4.69) is 5.32 Å². The summed E-state index contributed by atoms with van der Waals surface area (Å²) in [6.45, 7) is 8.24. The Bertz CT molecular complexity index is 567. The van der Waals surface area contributed by atoms with Gasteiger partial charge in [0.1, 0.15) is 5.60 Å². The Labute approximate surface area is 161 Å². The van der Waals surface area contributed by atoms with Crippen molar-refractivity contribution in [3.8, 4) is 0 Å². The Hall–Kier alpha value is -2.57. The molecule has 0 aromatic heterocycles. The molecule has 0 atom stereocenters. The van der Waals surface area contributed by atoms with E-state index in [0.717, 1.165) is 19.3 Å². The Morgan fingerprint density at radius 1 is 1.04 bits per heavy atom. The molecular formula is C20H32N2O5. The summed E-state index contributed by atoms with van der Waals surface area (Å²) in [4.78, 5) is 32.6. The fourth-order valence-electron chi connectivity index (χ4n) is 1.89. The molecular weight excluding hydrogens is 348 g/mol. The van der Waals surface area contributed by atoms with Crippen LogP contribution in [0.5, 0.6) is 0 Å². The third kappa shape index (κ3) is 15.4. The highest BCUT2D eigenvalue weighted by molar-refractivity contribution is 5.89. The van der Waals surface area contributed by atoms with Crippen molar-refractivity contribution in [1.29, 1.82) is 0 Å². The number of hydrogen-bond donors (Lipinski definition) is 2. The average molecular weight is 380 g/mol. The molecule has 2 amide bonds. The molecule has 0 aliphatic carbocycles. The third-order valence-corrected chi connectivity index (χ3v) is 3.05. The summed E-state index contributed by atoms with van der Waals surface area (Å²) in [6.07, 6.45) is 2.48. The number of ether oxygens (including phenoxy) is 2. The number of nitrogens with one attached hydrogen (secondary N) is 1. The number of primary amides is 1. The highest BCUT2D eigenvalue weighted by Gasteiger charge is 2.15. The number of nitrogens with two attached hydrogens (primary N) is 1. The minimum atomic E-state index is -0.462. The molecule has 1 aromatic carbocycles. The minimum Gasteiger partial charge on any atom is -0.462 e. The zero-order valence-electron chi connectivity index (χ0n) is 16.7. The molecule has 0 spiro atoms. The number of rotatable bonds is 8. The number of unbranched alkanes of at least 4 members (excludes halogenated alkanes) is 2. The van der Waals surface area contributed by atoms with Crippen molar-refractivity contribution in [3.63, 3.8) is 0 Å². The molecule has 0 radical (unpaired) electrons. The van der Waals surface area contributed by atoms with Crippen molar-refractivity contribution >= 4 is 18.0 Å². The van der Waals surface area contributed by atoms with Crippen LogP contribution in [0.2, 0.25) is 0 Å². The molecule has 3 N–H and O–H groups in total. The smallest absolute Gasteiger partial charge is 0.407 e. The maximum Gasteiger partial charge on any atom is 0.407 e. The SMILES string of the molecule is CC(C)(C)OC(=O)NCCCCCC(N)=O.CCOC(=O)c1ccccc1. The molecule has 7 heteroatoms. The second-order valence-corrected chi connectivity index (χ2v) is 6.79. The van der Waals surface area contributed by atoms with Gasteiger partial charge < -0.3 is 20.5 Å².